The molecule has 0 amide bonds. The van der Waals surface area contributed by atoms with Crippen molar-refractivity contribution in [2.24, 2.45) is 0 Å². The van der Waals surface area contributed by atoms with Crippen molar-refractivity contribution in [3.63, 3.8) is 0 Å². The van der Waals surface area contributed by atoms with Crippen molar-refractivity contribution in [3.8, 4) is 0 Å². The molecule has 0 radical (unpaired) electrons. The molecule has 1 saturated heterocycles. The van der Waals surface area contributed by atoms with E-state index in [0.29, 0.717) is 13.0 Å². The topological polar surface area (TPSA) is 12.0 Å². The van der Waals surface area contributed by atoms with Gasteiger partial charge in [0.25, 0.3) is 5.92 Å². The molecule has 5 heteroatoms. The Bertz CT molecular complexity index is 403. The Morgan fingerprint density at radius 2 is 2.06 bits per heavy atom. The molecule has 0 saturated carbocycles. The maximum absolute atomic E-state index is 14.1. The second-order valence-corrected chi connectivity index (χ2v) is 4.69. The molecule has 0 aromatic heterocycles. The van der Waals surface area contributed by atoms with Gasteiger partial charge >= 0.3 is 0 Å². The van der Waals surface area contributed by atoms with E-state index in [9.17, 15) is 13.2 Å². The second kappa shape index (κ2) is 4.86. The van der Waals surface area contributed by atoms with E-state index in [2.05, 4.69) is 5.32 Å². The summed E-state index contributed by atoms with van der Waals surface area (Å²) in [5, 5.41) is 2.87. The zero-order chi connectivity index (χ0) is 12.5. The van der Waals surface area contributed by atoms with Crippen molar-refractivity contribution < 1.29 is 13.2 Å². The number of benzene rings is 1. The lowest BCUT2D eigenvalue weighted by Crippen LogP contribution is -2.46. The van der Waals surface area contributed by atoms with Crippen LogP contribution in [0.25, 0.3) is 0 Å². The van der Waals surface area contributed by atoms with Crippen LogP contribution in [0.3, 0.4) is 0 Å². The quantitative estimate of drug-likeness (QED) is 0.858. The summed E-state index contributed by atoms with van der Waals surface area (Å²) in [5.74, 6) is -4.14. The Hall–Kier alpha value is -0.740. The summed E-state index contributed by atoms with van der Waals surface area (Å²) in [7, 11) is 0. The van der Waals surface area contributed by atoms with Crippen LogP contribution in [0.1, 0.15) is 24.8 Å². The Labute approximate surface area is 103 Å². The van der Waals surface area contributed by atoms with Crippen molar-refractivity contribution in [1.82, 2.24) is 5.32 Å². The number of halogens is 4. The zero-order valence-corrected chi connectivity index (χ0v) is 9.91. The van der Waals surface area contributed by atoms with E-state index in [4.69, 9.17) is 11.6 Å². The maximum atomic E-state index is 14.1. The van der Waals surface area contributed by atoms with Gasteiger partial charge in [-0.2, -0.15) is 8.78 Å². The number of nitrogens with one attached hydrogen (secondary N) is 1. The summed E-state index contributed by atoms with van der Waals surface area (Å²) < 4.78 is 41.7. The smallest absolute Gasteiger partial charge is 0.291 e. The third kappa shape index (κ3) is 2.58. The molecule has 1 unspecified atom stereocenters. The third-order valence-corrected chi connectivity index (χ3v) is 3.27. The summed E-state index contributed by atoms with van der Waals surface area (Å²) >= 11 is 5.64. The average Bonchev–Trinajstić information content (AvgIpc) is 2.33. The van der Waals surface area contributed by atoms with Gasteiger partial charge in [-0.05, 0) is 37.6 Å². The standard InChI is InChI=1S/C12H13ClF3N/c13-8-4-5-10(14)9(7-8)12(15,16)11-3-1-2-6-17-11/h4-5,7,11,17H,1-3,6H2. The van der Waals surface area contributed by atoms with E-state index >= 15 is 0 Å². The van der Waals surface area contributed by atoms with Gasteiger partial charge in [-0.1, -0.05) is 18.0 Å². The van der Waals surface area contributed by atoms with Crippen LogP contribution in [0.15, 0.2) is 18.2 Å². The predicted octanol–water partition coefficient (Wildman–Crippen LogP) is 3.71. The number of alkyl halides is 2. The van der Waals surface area contributed by atoms with Gasteiger partial charge in [0.1, 0.15) is 5.82 Å². The molecule has 1 N–H and O–H groups in total. The fraction of sp³-hybridized carbons (Fsp3) is 0.500. The van der Waals surface area contributed by atoms with Gasteiger partial charge < -0.3 is 5.32 Å². The SMILES string of the molecule is Fc1ccc(Cl)cc1C(F)(F)C1CCCCN1. The van der Waals surface area contributed by atoms with Crippen LogP contribution in [0, 0.1) is 5.82 Å². The van der Waals surface area contributed by atoms with Gasteiger partial charge in [0.2, 0.25) is 0 Å². The normalized spacial score (nSPS) is 21.5. The molecule has 0 bridgehead atoms. The molecule has 2 rings (SSSR count). The molecule has 0 spiro atoms. The molecule has 1 aromatic carbocycles. The first-order chi connectivity index (χ1) is 8.01. The summed E-state index contributed by atoms with van der Waals surface area (Å²) in [6.45, 7) is 0.544. The van der Waals surface area contributed by atoms with E-state index in [-0.39, 0.29) is 5.02 Å². The first-order valence-electron chi connectivity index (χ1n) is 5.58. The van der Waals surface area contributed by atoms with Gasteiger partial charge in [-0.3, -0.25) is 0 Å². The Kier molecular flexibility index (Phi) is 3.64. The van der Waals surface area contributed by atoms with E-state index in [1.54, 1.807) is 0 Å². The molecule has 1 nitrogen and oxygen atoms in total. The molecule has 1 aliphatic heterocycles. The monoisotopic (exact) mass is 263 g/mol. The Balaban J connectivity index is 2.32. The average molecular weight is 264 g/mol. The lowest BCUT2D eigenvalue weighted by molar-refractivity contribution is -0.0540. The number of hydrogen-bond acceptors (Lipinski definition) is 1. The zero-order valence-electron chi connectivity index (χ0n) is 9.15. The van der Waals surface area contributed by atoms with Gasteiger partial charge in [0, 0.05) is 5.02 Å². The molecule has 1 atom stereocenters. The Morgan fingerprint density at radius 3 is 2.71 bits per heavy atom. The van der Waals surface area contributed by atoms with Crippen molar-refractivity contribution in [3.05, 3.63) is 34.6 Å². The highest BCUT2D eigenvalue weighted by molar-refractivity contribution is 6.30. The van der Waals surface area contributed by atoms with Crippen molar-refractivity contribution in [2.45, 2.75) is 31.2 Å². The Morgan fingerprint density at radius 1 is 1.29 bits per heavy atom. The fourth-order valence-corrected chi connectivity index (χ4v) is 2.27. The van der Waals surface area contributed by atoms with Crippen molar-refractivity contribution in [1.29, 1.82) is 0 Å². The minimum absolute atomic E-state index is 0.122. The van der Waals surface area contributed by atoms with Crippen LogP contribution in [-0.2, 0) is 5.92 Å². The summed E-state index contributed by atoms with van der Waals surface area (Å²) in [5.41, 5.74) is -0.621. The summed E-state index contributed by atoms with van der Waals surface area (Å²) in [6.07, 6.45) is 1.96. The molecule has 1 aliphatic rings. The highest BCUT2D eigenvalue weighted by atomic mass is 35.5. The van der Waals surface area contributed by atoms with Gasteiger partial charge in [-0.15, -0.1) is 0 Å². The van der Waals surface area contributed by atoms with Crippen molar-refractivity contribution >= 4 is 11.6 Å². The first kappa shape index (κ1) is 12.7. The summed E-state index contributed by atoms with van der Waals surface area (Å²) in [4.78, 5) is 0. The molecule has 0 aliphatic carbocycles. The predicted molar refractivity (Wildman–Crippen MR) is 60.9 cm³/mol. The highest BCUT2D eigenvalue weighted by Gasteiger charge is 2.43. The minimum Gasteiger partial charge on any atom is -0.308 e. The first-order valence-corrected chi connectivity index (χ1v) is 5.96. The number of hydrogen-bond donors (Lipinski definition) is 1. The van der Waals surface area contributed by atoms with E-state index in [1.807, 2.05) is 0 Å². The second-order valence-electron chi connectivity index (χ2n) is 4.25. The molecular weight excluding hydrogens is 251 g/mol. The van der Waals surface area contributed by atoms with Crippen LogP contribution in [0.2, 0.25) is 5.02 Å². The fourth-order valence-electron chi connectivity index (χ4n) is 2.10. The van der Waals surface area contributed by atoms with Crippen molar-refractivity contribution in [2.75, 3.05) is 6.54 Å². The van der Waals surface area contributed by atoms with Gasteiger partial charge in [0.15, 0.2) is 0 Å². The molecule has 1 heterocycles. The van der Waals surface area contributed by atoms with Crippen LogP contribution in [-0.4, -0.2) is 12.6 Å². The number of rotatable bonds is 2. The van der Waals surface area contributed by atoms with Crippen LogP contribution in [0.5, 0.6) is 0 Å². The maximum Gasteiger partial charge on any atom is 0.291 e. The van der Waals surface area contributed by atoms with Gasteiger partial charge in [0.05, 0.1) is 11.6 Å². The molecule has 94 valence electrons. The van der Waals surface area contributed by atoms with Crippen LogP contribution < -0.4 is 5.32 Å². The molecule has 17 heavy (non-hydrogen) atoms. The molecule has 1 aromatic rings. The third-order valence-electron chi connectivity index (χ3n) is 3.04. The van der Waals surface area contributed by atoms with E-state index < -0.39 is 23.3 Å². The lowest BCUT2D eigenvalue weighted by Gasteiger charge is -2.31. The number of piperidine rings is 1. The largest absolute Gasteiger partial charge is 0.308 e. The van der Waals surface area contributed by atoms with E-state index in [0.717, 1.165) is 25.0 Å². The minimum atomic E-state index is -3.23. The van der Waals surface area contributed by atoms with E-state index in [1.165, 1.54) is 6.07 Å². The van der Waals surface area contributed by atoms with Crippen LogP contribution in [0.4, 0.5) is 13.2 Å². The van der Waals surface area contributed by atoms with Gasteiger partial charge in [-0.25, -0.2) is 4.39 Å². The summed E-state index contributed by atoms with van der Waals surface area (Å²) in [6, 6.07) is 2.25. The van der Waals surface area contributed by atoms with Crippen LogP contribution >= 0.6 is 11.6 Å². The highest BCUT2D eigenvalue weighted by Crippen LogP contribution is 2.37. The lowest BCUT2D eigenvalue weighted by atomic mass is 9.93. The molecule has 1 fully saturated rings. The molecular formula is C12H13ClF3N.